The normalized spacial score (nSPS) is 15.4. The van der Waals surface area contributed by atoms with E-state index in [0.29, 0.717) is 5.92 Å². The number of rotatable bonds is 4. The van der Waals surface area contributed by atoms with Crippen LogP contribution in [0.4, 0.5) is 5.82 Å². The highest BCUT2D eigenvalue weighted by Crippen LogP contribution is 2.30. The molecular formula is C24H33N3O2. The van der Waals surface area contributed by atoms with Crippen molar-refractivity contribution in [2.45, 2.75) is 66.4 Å². The van der Waals surface area contributed by atoms with Crippen LogP contribution in [0.25, 0.3) is 0 Å². The molecule has 2 aromatic rings. The van der Waals surface area contributed by atoms with Crippen molar-refractivity contribution in [3.05, 3.63) is 52.5 Å². The van der Waals surface area contributed by atoms with Crippen molar-refractivity contribution in [3.63, 3.8) is 0 Å². The number of carbonyl (C=O) groups excluding carboxylic acids is 1. The van der Waals surface area contributed by atoms with Crippen LogP contribution in [0, 0.1) is 26.7 Å². The minimum Gasteiger partial charge on any atom is -0.456 e. The first-order valence-corrected chi connectivity index (χ1v) is 10.5. The number of esters is 1. The van der Waals surface area contributed by atoms with Gasteiger partial charge in [-0.25, -0.2) is 9.78 Å². The molecular weight excluding hydrogens is 362 g/mol. The summed E-state index contributed by atoms with van der Waals surface area (Å²) in [6, 6.07) is 2.14. The Kier molecular flexibility index (Phi) is 6.25. The number of carbonyl (C=O) groups is 1. The second-order valence-corrected chi connectivity index (χ2v) is 9.19. The van der Waals surface area contributed by atoms with E-state index in [0.717, 1.165) is 54.9 Å². The second-order valence-electron chi connectivity index (χ2n) is 9.19. The summed E-state index contributed by atoms with van der Waals surface area (Å²) in [5.74, 6) is 1.35. The third-order valence-electron chi connectivity index (χ3n) is 5.71. The zero-order valence-electron chi connectivity index (χ0n) is 18.6. The second kappa shape index (κ2) is 8.52. The molecule has 0 N–H and O–H groups in total. The molecule has 1 aliphatic heterocycles. The van der Waals surface area contributed by atoms with Gasteiger partial charge in [-0.05, 0) is 89.0 Å². The van der Waals surface area contributed by atoms with Crippen LogP contribution in [0.2, 0.25) is 0 Å². The molecule has 0 spiro atoms. The maximum absolute atomic E-state index is 12.8. The summed E-state index contributed by atoms with van der Waals surface area (Å²) >= 11 is 0. The van der Waals surface area contributed by atoms with Crippen molar-refractivity contribution in [2.24, 2.45) is 5.92 Å². The van der Waals surface area contributed by atoms with Crippen molar-refractivity contribution < 1.29 is 9.53 Å². The molecule has 29 heavy (non-hydrogen) atoms. The van der Waals surface area contributed by atoms with Gasteiger partial charge >= 0.3 is 5.97 Å². The molecule has 0 amide bonds. The lowest BCUT2D eigenvalue weighted by Crippen LogP contribution is -2.35. The molecule has 0 radical (unpaired) electrons. The Bertz CT molecular complexity index is 864. The average molecular weight is 396 g/mol. The van der Waals surface area contributed by atoms with E-state index in [-0.39, 0.29) is 5.97 Å². The van der Waals surface area contributed by atoms with Crippen LogP contribution in [-0.4, -0.2) is 34.6 Å². The van der Waals surface area contributed by atoms with Gasteiger partial charge in [0.25, 0.3) is 0 Å². The minimum atomic E-state index is -0.492. The van der Waals surface area contributed by atoms with E-state index in [1.54, 1.807) is 12.4 Å². The van der Waals surface area contributed by atoms with Crippen molar-refractivity contribution >= 4 is 11.8 Å². The van der Waals surface area contributed by atoms with E-state index >= 15 is 0 Å². The molecule has 1 aliphatic rings. The topological polar surface area (TPSA) is 55.3 Å². The fourth-order valence-electron chi connectivity index (χ4n) is 4.29. The highest BCUT2D eigenvalue weighted by atomic mass is 16.6. The number of hydrogen-bond donors (Lipinski definition) is 0. The lowest BCUT2D eigenvalue weighted by molar-refractivity contribution is 0.00678. The number of ether oxygens (including phenoxy) is 1. The highest BCUT2D eigenvalue weighted by Gasteiger charge is 2.26. The van der Waals surface area contributed by atoms with Crippen LogP contribution in [0.15, 0.2) is 24.7 Å². The number of hydrogen-bond acceptors (Lipinski definition) is 5. The Morgan fingerprint density at radius 1 is 1.14 bits per heavy atom. The van der Waals surface area contributed by atoms with Crippen molar-refractivity contribution in [1.29, 1.82) is 0 Å². The molecule has 3 rings (SSSR count). The van der Waals surface area contributed by atoms with Crippen LogP contribution in [0.3, 0.4) is 0 Å². The molecule has 0 unspecified atom stereocenters. The zero-order valence-corrected chi connectivity index (χ0v) is 18.6. The number of anilines is 1. The van der Waals surface area contributed by atoms with Gasteiger partial charge in [0.15, 0.2) is 0 Å². The number of aryl methyl sites for hydroxylation is 2. The van der Waals surface area contributed by atoms with Crippen LogP contribution in [0.1, 0.15) is 66.2 Å². The highest BCUT2D eigenvalue weighted by molar-refractivity contribution is 5.93. The van der Waals surface area contributed by atoms with Gasteiger partial charge in [0, 0.05) is 25.5 Å². The number of piperidine rings is 1. The van der Waals surface area contributed by atoms with Gasteiger partial charge in [0.2, 0.25) is 0 Å². The van der Waals surface area contributed by atoms with E-state index in [9.17, 15) is 4.79 Å². The first-order chi connectivity index (χ1) is 13.7. The summed E-state index contributed by atoms with van der Waals surface area (Å²) in [5.41, 5.74) is 4.88. The monoisotopic (exact) mass is 395 g/mol. The molecule has 0 aliphatic carbocycles. The summed E-state index contributed by atoms with van der Waals surface area (Å²) in [6.45, 7) is 14.0. The standard InChI is InChI=1S/C24H33N3O2/c1-16-13-17(2)22(23(28)29-24(4,5)6)18(3)20(16)14-19-7-11-27(12-8-19)21-15-25-9-10-26-21/h9-10,13,15,19H,7-8,11-12,14H2,1-6H3. The van der Waals surface area contributed by atoms with Gasteiger partial charge in [0.05, 0.1) is 11.8 Å². The molecule has 0 bridgehead atoms. The van der Waals surface area contributed by atoms with Crippen molar-refractivity contribution in [3.8, 4) is 0 Å². The summed E-state index contributed by atoms with van der Waals surface area (Å²) in [5, 5.41) is 0. The third-order valence-corrected chi connectivity index (χ3v) is 5.71. The number of benzene rings is 1. The summed E-state index contributed by atoms with van der Waals surface area (Å²) in [4.78, 5) is 23.7. The van der Waals surface area contributed by atoms with Crippen LogP contribution >= 0.6 is 0 Å². The SMILES string of the molecule is Cc1cc(C)c(C(=O)OC(C)(C)C)c(C)c1CC1CCN(c2cnccn2)CC1. The first kappa shape index (κ1) is 21.3. The van der Waals surface area contributed by atoms with Crippen molar-refractivity contribution in [1.82, 2.24) is 9.97 Å². The van der Waals surface area contributed by atoms with E-state index in [1.807, 2.05) is 33.9 Å². The lowest BCUT2D eigenvalue weighted by atomic mass is 9.84. The number of nitrogens with zero attached hydrogens (tertiary/aromatic N) is 3. The molecule has 1 saturated heterocycles. The molecule has 1 aromatic carbocycles. The summed E-state index contributed by atoms with van der Waals surface area (Å²) in [7, 11) is 0. The molecule has 0 saturated carbocycles. The van der Waals surface area contributed by atoms with E-state index in [4.69, 9.17) is 4.74 Å². The van der Waals surface area contributed by atoms with Gasteiger partial charge in [-0.3, -0.25) is 4.98 Å². The average Bonchev–Trinajstić information content (AvgIpc) is 2.65. The molecule has 5 nitrogen and oxygen atoms in total. The Morgan fingerprint density at radius 2 is 1.83 bits per heavy atom. The van der Waals surface area contributed by atoms with Crippen LogP contribution in [-0.2, 0) is 11.2 Å². The van der Waals surface area contributed by atoms with Gasteiger partial charge in [-0.15, -0.1) is 0 Å². The number of aromatic nitrogens is 2. The van der Waals surface area contributed by atoms with Crippen LogP contribution < -0.4 is 4.90 Å². The Labute approximate surface area is 174 Å². The first-order valence-electron chi connectivity index (χ1n) is 10.5. The lowest BCUT2D eigenvalue weighted by Gasteiger charge is -2.33. The third kappa shape index (κ3) is 5.14. The Morgan fingerprint density at radius 3 is 2.41 bits per heavy atom. The molecule has 1 aromatic heterocycles. The zero-order chi connectivity index (χ0) is 21.2. The molecule has 1 fully saturated rings. The fourth-order valence-corrected chi connectivity index (χ4v) is 4.29. The summed E-state index contributed by atoms with van der Waals surface area (Å²) in [6.07, 6.45) is 8.53. The fraction of sp³-hybridized carbons (Fsp3) is 0.542. The Balaban J connectivity index is 1.74. The van der Waals surface area contributed by atoms with Gasteiger partial charge in [-0.2, -0.15) is 0 Å². The largest absolute Gasteiger partial charge is 0.456 e. The van der Waals surface area contributed by atoms with Crippen molar-refractivity contribution in [2.75, 3.05) is 18.0 Å². The molecule has 2 heterocycles. The molecule has 156 valence electrons. The van der Waals surface area contributed by atoms with Gasteiger partial charge in [-0.1, -0.05) is 6.07 Å². The predicted octanol–water partition coefficient (Wildman–Crippen LogP) is 4.82. The van der Waals surface area contributed by atoms with E-state index < -0.39 is 5.60 Å². The van der Waals surface area contributed by atoms with Gasteiger partial charge < -0.3 is 9.64 Å². The summed E-state index contributed by atoms with van der Waals surface area (Å²) < 4.78 is 5.67. The van der Waals surface area contributed by atoms with Crippen LogP contribution in [0.5, 0.6) is 0 Å². The maximum Gasteiger partial charge on any atom is 0.339 e. The van der Waals surface area contributed by atoms with E-state index in [1.165, 1.54) is 11.1 Å². The maximum atomic E-state index is 12.8. The quantitative estimate of drug-likeness (QED) is 0.695. The van der Waals surface area contributed by atoms with Gasteiger partial charge in [0.1, 0.15) is 11.4 Å². The van der Waals surface area contributed by atoms with E-state index in [2.05, 4.69) is 34.8 Å². The predicted molar refractivity (Wildman–Crippen MR) is 116 cm³/mol. The molecule has 0 atom stereocenters. The molecule has 5 heteroatoms. The Hall–Kier alpha value is -2.43. The minimum absolute atomic E-state index is 0.216. The smallest absolute Gasteiger partial charge is 0.339 e.